The van der Waals surface area contributed by atoms with Crippen LogP contribution in [0.3, 0.4) is 0 Å². The topological polar surface area (TPSA) is 30.5 Å². The standard InChI is InChI=1S/C21H27ClFNO2/c1-3-4-5-6-11-24-14-16-7-10-20(21(12-16)25-2)26-15-17-8-9-18(23)13-19(17)22/h7-10,12-13,24H,3-6,11,14-15H2,1-2H3. The lowest BCUT2D eigenvalue weighted by Gasteiger charge is -2.13. The van der Waals surface area contributed by atoms with Gasteiger partial charge in [0.05, 0.1) is 12.1 Å². The van der Waals surface area contributed by atoms with Crippen molar-refractivity contribution >= 4 is 11.6 Å². The Hall–Kier alpha value is -1.78. The molecule has 0 saturated carbocycles. The van der Waals surface area contributed by atoms with E-state index in [4.69, 9.17) is 21.1 Å². The number of benzene rings is 2. The number of halogens is 2. The van der Waals surface area contributed by atoms with Gasteiger partial charge < -0.3 is 14.8 Å². The third-order valence-corrected chi connectivity index (χ3v) is 4.51. The summed E-state index contributed by atoms with van der Waals surface area (Å²) in [5.74, 6) is 0.955. The first-order valence-corrected chi connectivity index (χ1v) is 9.46. The second-order valence-corrected chi connectivity index (χ2v) is 6.65. The average Bonchev–Trinajstić information content (AvgIpc) is 2.64. The predicted octanol–water partition coefficient (Wildman–Crippen LogP) is 5.74. The molecule has 0 fully saturated rings. The summed E-state index contributed by atoms with van der Waals surface area (Å²) in [5, 5.41) is 3.81. The molecule has 0 heterocycles. The Morgan fingerprint density at radius 3 is 2.62 bits per heavy atom. The maximum Gasteiger partial charge on any atom is 0.161 e. The highest BCUT2D eigenvalue weighted by Gasteiger charge is 2.08. The Bertz CT molecular complexity index is 694. The molecule has 0 aliphatic rings. The van der Waals surface area contributed by atoms with Gasteiger partial charge in [-0.05, 0) is 42.8 Å². The molecule has 2 aromatic rings. The SMILES string of the molecule is CCCCCCNCc1ccc(OCc2ccc(F)cc2Cl)c(OC)c1. The van der Waals surface area contributed by atoms with E-state index >= 15 is 0 Å². The zero-order chi connectivity index (χ0) is 18.8. The van der Waals surface area contributed by atoms with Crippen LogP contribution in [0.25, 0.3) is 0 Å². The minimum Gasteiger partial charge on any atom is -0.493 e. The van der Waals surface area contributed by atoms with E-state index in [2.05, 4.69) is 12.2 Å². The zero-order valence-corrected chi connectivity index (χ0v) is 16.2. The van der Waals surface area contributed by atoms with E-state index < -0.39 is 0 Å². The number of rotatable bonds is 11. The van der Waals surface area contributed by atoms with E-state index in [1.165, 1.54) is 37.8 Å². The number of ether oxygens (including phenoxy) is 2. The first-order chi connectivity index (χ1) is 12.6. The van der Waals surface area contributed by atoms with Crippen LogP contribution >= 0.6 is 11.6 Å². The molecule has 0 saturated heterocycles. The molecule has 0 radical (unpaired) electrons. The number of unbranched alkanes of at least 4 members (excludes halogenated alkanes) is 3. The van der Waals surface area contributed by atoms with E-state index in [0.717, 1.165) is 24.2 Å². The molecule has 0 aliphatic heterocycles. The van der Waals surface area contributed by atoms with Gasteiger partial charge >= 0.3 is 0 Å². The average molecular weight is 380 g/mol. The molecular formula is C21H27ClFNO2. The predicted molar refractivity (Wildman–Crippen MR) is 105 cm³/mol. The maximum absolute atomic E-state index is 13.1. The first kappa shape index (κ1) is 20.5. The van der Waals surface area contributed by atoms with E-state index in [1.807, 2.05) is 18.2 Å². The number of hydrogen-bond acceptors (Lipinski definition) is 3. The molecule has 142 valence electrons. The molecule has 26 heavy (non-hydrogen) atoms. The number of hydrogen-bond donors (Lipinski definition) is 1. The van der Waals surface area contributed by atoms with Gasteiger partial charge in [-0.1, -0.05) is 49.9 Å². The molecular weight excluding hydrogens is 353 g/mol. The fourth-order valence-corrected chi connectivity index (χ4v) is 2.87. The molecule has 0 bridgehead atoms. The quantitative estimate of drug-likeness (QED) is 0.505. The van der Waals surface area contributed by atoms with Crippen molar-refractivity contribution in [2.75, 3.05) is 13.7 Å². The van der Waals surface area contributed by atoms with Crippen molar-refractivity contribution in [1.82, 2.24) is 5.32 Å². The molecule has 0 unspecified atom stereocenters. The second-order valence-electron chi connectivity index (χ2n) is 6.25. The third kappa shape index (κ3) is 6.50. The summed E-state index contributed by atoms with van der Waals surface area (Å²) in [6, 6.07) is 10.2. The van der Waals surface area contributed by atoms with Crippen LogP contribution in [0.2, 0.25) is 5.02 Å². The van der Waals surface area contributed by atoms with Crippen molar-refractivity contribution < 1.29 is 13.9 Å². The summed E-state index contributed by atoms with van der Waals surface area (Å²) < 4.78 is 24.4. The van der Waals surface area contributed by atoms with E-state index in [0.29, 0.717) is 16.5 Å². The lowest BCUT2D eigenvalue weighted by molar-refractivity contribution is 0.284. The summed E-state index contributed by atoms with van der Waals surface area (Å²) in [4.78, 5) is 0. The van der Waals surface area contributed by atoms with Crippen LogP contribution in [0.5, 0.6) is 11.5 Å². The minimum absolute atomic E-state index is 0.254. The smallest absolute Gasteiger partial charge is 0.161 e. The van der Waals surface area contributed by atoms with Gasteiger partial charge in [-0.25, -0.2) is 4.39 Å². The Morgan fingerprint density at radius 1 is 1.04 bits per heavy atom. The second kappa shape index (κ2) is 11.0. The van der Waals surface area contributed by atoms with Gasteiger partial charge in [-0.3, -0.25) is 0 Å². The Labute approximate surface area is 160 Å². The monoisotopic (exact) mass is 379 g/mol. The number of methoxy groups -OCH3 is 1. The maximum atomic E-state index is 13.1. The normalized spacial score (nSPS) is 10.8. The third-order valence-electron chi connectivity index (χ3n) is 4.16. The zero-order valence-electron chi connectivity index (χ0n) is 15.5. The Morgan fingerprint density at radius 2 is 1.88 bits per heavy atom. The molecule has 0 aliphatic carbocycles. The molecule has 0 amide bonds. The van der Waals surface area contributed by atoms with Crippen LogP contribution < -0.4 is 14.8 Å². The van der Waals surface area contributed by atoms with Crippen LogP contribution in [0, 0.1) is 5.82 Å². The fraction of sp³-hybridized carbons (Fsp3) is 0.429. The Kier molecular flexibility index (Phi) is 8.72. The van der Waals surface area contributed by atoms with Crippen molar-refractivity contribution in [3.63, 3.8) is 0 Å². The molecule has 1 N–H and O–H groups in total. The highest BCUT2D eigenvalue weighted by molar-refractivity contribution is 6.31. The molecule has 0 spiro atoms. The molecule has 5 heteroatoms. The van der Waals surface area contributed by atoms with Crippen molar-refractivity contribution in [2.45, 2.75) is 45.8 Å². The lowest BCUT2D eigenvalue weighted by Crippen LogP contribution is -2.14. The molecule has 0 aromatic heterocycles. The van der Waals surface area contributed by atoms with Crippen LogP contribution in [0.15, 0.2) is 36.4 Å². The number of nitrogens with one attached hydrogen (secondary N) is 1. The van der Waals surface area contributed by atoms with E-state index in [9.17, 15) is 4.39 Å². The summed E-state index contributed by atoms with van der Waals surface area (Å²) in [7, 11) is 1.62. The van der Waals surface area contributed by atoms with Gasteiger partial charge in [-0.15, -0.1) is 0 Å². The minimum atomic E-state index is -0.358. The van der Waals surface area contributed by atoms with E-state index in [-0.39, 0.29) is 12.4 Å². The van der Waals surface area contributed by atoms with E-state index in [1.54, 1.807) is 13.2 Å². The summed E-state index contributed by atoms with van der Waals surface area (Å²) in [6.07, 6.45) is 5.01. The first-order valence-electron chi connectivity index (χ1n) is 9.08. The van der Waals surface area contributed by atoms with Crippen LogP contribution in [0.4, 0.5) is 4.39 Å². The lowest BCUT2D eigenvalue weighted by atomic mass is 10.2. The van der Waals surface area contributed by atoms with Gasteiger partial charge in [-0.2, -0.15) is 0 Å². The van der Waals surface area contributed by atoms with Crippen molar-refractivity contribution in [3.8, 4) is 11.5 Å². The largest absolute Gasteiger partial charge is 0.493 e. The van der Waals surface area contributed by atoms with Crippen LogP contribution in [-0.2, 0) is 13.2 Å². The van der Waals surface area contributed by atoms with Crippen molar-refractivity contribution in [3.05, 3.63) is 58.4 Å². The van der Waals surface area contributed by atoms with Gasteiger partial charge in [0.1, 0.15) is 12.4 Å². The Balaban J connectivity index is 1.89. The van der Waals surface area contributed by atoms with Gasteiger partial charge in [0.2, 0.25) is 0 Å². The van der Waals surface area contributed by atoms with Crippen LogP contribution in [0.1, 0.15) is 43.7 Å². The highest BCUT2D eigenvalue weighted by Crippen LogP contribution is 2.29. The fourth-order valence-electron chi connectivity index (χ4n) is 2.64. The molecule has 2 rings (SSSR count). The van der Waals surface area contributed by atoms with Crippen molar-refractivity contribution in [1.29, 1.82) is 0 Å². The summed E-state index contributed by atoms with van der Waals surface area (Å²) in [5.41, 5.74) is 1.87. The van der Waals surface area contributed by atoms with Crippen LogP contribution in [-0.4, -0.2) is 13.7 Å². The van der Waals surface area contributed by atoms with Gasteiger partial charge in [0.25, 0.3) is 0 Å². The summed E-state index contributed by atoms with van der Waals surface area (Å²) in [6.45, 7) is 4.29. The van der Waals surface area contributed by atoms with Gasteiger partial charge in [0, 0.05) is 12.1 Å². The highest BCUT2D eigenvalue weighted by atomic mass is 35.5. The molecule has 0 atom stereocenters. The van der Waals surface area contributed by atoms with Crippen molar-refractivity contribution in [2.24, 2.45) is 0 Å². The van der Waals surface area contributed by atoms with Gasteiger partial charge in [0.15, 0.2) is 11.5 Å². The molecule has 2 aromatic carbocycles. The summed E-state index contributed by atoms with van der Waals surface area (Å²) >= 11 is 6.04. The molecule has 3 nitrogen and oxygen atoms in total.